The Morgan fingerprint density at radius 2 is 2.22 bits per heavy atom. The Bertz CT molecular complexity index is 538. The summed E-state index contributed by atoms with van der Waals surface area (Å²) < 4.78 is 40.1. The van der Waals surface area contributed by atoms with Crippen LogP contribution in [0.15, 0.2) is 21.5 Å². The average molecular weight is 358 g/mol. The minimum Gasteiger partial charge on any atom is -0.315 e. The van der Waals surface area contributed by atoms with E-state index >= 15 is 0 Å². The fraction of sp³-hybridized carbons (Fsp3) is 0.400. The summed E-state index contributed by atoms with van der Waals surface area (Å²) in [6.45, 7) is 1.35. The van der Waals surface area contributed by atoms with Crippen LogP contribution in [-0.4, -0.2) is 27.5 Å². The van der Waals surface area contributed by atoms with Crippen molar-refractivity contribution in [1.29, 1.82) is 0 Å². The van der Waals surface area contributed by atoms with Crippen molar-refractivity contribution in [3.8, 4) is 0 Å². The fourth-order valence-electron chi connectivity index (χ4n) is 1.82. The van der Waals surface area contributed by atoms with E-state index in [1.54, 1.807) is 0 Å². The zero-order chi connectivity index (χ0) is 13.3. The summed E-state index contributed by atoms with van der Waals surface area (Å²) in [5.74, 6) is -0.589. The Morgan fingerprint density at radius 1 is 1.50 bits per heavy atom. The molecule has 1 heterocycles. The number of nitrogens with one attached hydrogen (secondary N) is 2. The monoisotopic (exact) mass is 356 g/mol. The van der Waals surface area contributed by atoms with Crippen LogP contribution in [-0.2, 0) is 10.0 Å². The third-order valence-corrected chi connectivity index (χ3v) is 5.53. The van der Waals surface area contributed by atoms with Crippen LogP contribution in [0.5, 0.6) is 0 Å². The highest BCUT2D eigenvalue weighted by Gasteiger charge is 2.27. The van der Waals surface area contributed by atoms with E-state index in [0.717, 1.165) is 25.1 Å². The van der Waals surface area contributed by atoms with Gasteiger partial charge in [-0.05, 0) is 41.0 Å². The first-order valence-corrected chi connectivity index (χ1v) is 7.93. The van der Waals surface area contributed by atoms with E-state index in [0.29, 0.717) is 6.54 Å². The maximum Gasteiger partial charge on any atom is 0.243 e. The van der Waals surface area contributed by atoms with E-state index in [2.05, 4.69) is 26.0 Å². The highest BCUT2D eigenvalue weighted by molar-refractivity contribution is 9.10. The summed E-state index contributed by atoms with van der Waals surface area (Å²) in [5, 5.41) is 2.91. The molecule has 2 rings (SSSR count). The van der Waals surface area contributed by atoms with Crippen LogP contribution in [0.25, 0.3) is 0 Å². The maximum absolute atomic E-state index is 13.1. The van der Waals surface area contributed by atoms with Gasteiger partial charge in [0.25, 0.3) is 0 Å². The van der Waals surface area contributed by atoms with Crippen LogP contribution in [0, 0.1) is 5.82 Å². The van der Waals surface area contributed by atoms with Gasteiger partial charge < -0.3 is 5.32 Å². The SMILES string of the molecule is O=S(=O)(NC1CCNC1)c1c(Cl)cc(F)cc1Br. The highest BCUT2D eigenvalue weighted by Crippen LogP contribution is 2.30. The van der Waals surface area contributed by atoms with Crippen LogP contribution < -0.4 is 10.0 Å². The molecule has 1 aliphatic heterocycles. The molecule has 0 bridgehead atoms. The molecular formula is C10H11BrClFN2O2S. The van der Waals surface area contributed by atoms with E-state index < -0.39 is 15.8 Å². The van der Waals surface area contributed by atoms with Crippen molar-refractivity contribution < 1.29 is 12.8 Å². The van der Waals surface area contributed by atoms with Gasteiger partial charge in [-0.15, -0.1) is 0 Å². The first kappa shape index (κ1) is 14.2. The van der Waals surface area contributed by atoms with Crippen molar-refractivity contribution in [1.82, 2.24) is 10.0 Å². The standard InChI is InChI=1S/C10H11BrClFN2O2S/c11-8-3-6(13)4-9(12)10(8)18(16,17)15-7-1-2-14-5-7/h3-4,7,14-15H,1-2,5H2. The van der Waals surface area contributed by atoms with Crippen LogP contribution in [0.1, 0.15) is 6.42 Å². The third-order valence-electron chi connectivity index (χ3n) is 2.61. The van der Waals surface area contributed by atoms with Gasteiger partial charge in [-0.3, -0.25) is 0 Å². The van der Waals surface area contributed by atoms with Crippen molar-refractivity contribution in [2.24, 2.45) is 0 Å². The van der Waals surface area contributed by atoms with Crippen molar-refractivity contribution >= 4 is 37.6 Å². The Morgan fingerprint density at radius 3 is 2.78 bits per heavy atom. The molecule has 1 aromatic carbocycles. The minimum atomic E-state index is -3.76. The van der Waals surface area contributed by atoms with E-state index in [1.807, 2.05) is 0 Å². The Kier molecular flexibility index (Phi) is 4.28. The van der Waals surface area contributed by atoms with Crippen molar-refractivity contribution in [3.63, 3.8) is 0 Å². The number of rotatable bonds is 3. The van der Waals surface area contributed by atoms with Gasteiger partial charge >= 0.3 is 0 Å². The molecule has 2 N–H and O–H groups in total. The van der Waals surface area contributed by atoms with Crippen molar-refractivity contribution in [2.75, 3.05) is 13.1 Å². The van der Waals surface area contributed by atoms with Gasteiger partial charge in [-0.2, -0.15) is 0 Å². The van der Waals surface area contributed by atoms with Gasteiger partial charge in [-0.25, -0.2) is 17.5 Å². The molecule has 0 radical (unpaired) electrons. The zero-order valence-corrected chi connectivity index (χ0v) is 12.4. The summed E-state index contributed by atoms with van der Waals surface area (Å²) in [5.41, 5.74) is 0. The lowest BCUT2D eigenvalue weighted by Gasteiger charge is -2.14. The Balaban J connectivity index is 2.34. The molecule has 100 valence electrons. The molecule has 1 aromatic rings. The normalized spacial score (nSPS) is 20.3. The number of sulfonamides is 1. The quantitative estimate of drug-likeness (QED) is 0.868. The second-order valence-corrected chi connectivity index (χ2v) is 6.92. The predicted molar refractivity (Wildman–Crippen MR) is 70.7 cm³/mol. The Labute approximate surface area is 118 Å². The molecule has 0 spiro atoms. The van der Waals surface area contributed by atoms with Crippen LogP contribution in [0.3, 0.4) is 0 Å². The van der Waals surface area contributed by atoms with E-state index in [-0.39, 0.29) is 20.4 Å². The summed E-state index contributed by atoms with van der Waals surface area (Å²) >= 11 is 8.82. The number of hydrogen-bond donors (Lipinski definition) is 2. The molecule has 1 aliphatic rings. The van der Waals surface area contributed by atoms with Gasteiger partial charge in [0.1, 0.15) is 10.7 Å². The first-order chi connectivity index (χ1) is 8.40. The third kappa shape index (κ3) is 3.03. The molecular weight excluding hydrogens is 347 g/mol. The molecule has 8 heteroatoms. The Hall–Kier alpha value is -0.210. The number of halogens is 3. The predicted octanol–water partition coefficient (Wildman–Crippen LogP) is 1.88. The van der Waals surface area contributed by atoms with Crippen LogP contribution in [0.2, 0.25) is 5.02 Å². The number of benzene rings is 1. The lowest BCUT2D eigenvalue weighted by atomic mass is 10.3. The van der Waals surface area contributed by atoms with Gasteiger partial charge in [0, 0.05) is 17.1 Å². The largest absolute Gasteiger partial charge is 0.315 e. The molecule has 0 amide bonds. The second-order valence-electron chi connectivity index (χ2n) is 4.01. The van der Waals surface area contributed by atoms with Gasteiger partial charge in [0.15, 0.2) is 0 Å². The lowest BCUT2D eigenvalue weighted by Crippen LogP contribution is -2.36. The van der Waals surface area contributed by atoms with Gasteiger partial charge in [-0.1, -0.05) is 11.6 Å². The molecule has 1 atom stereocenters. The molecule has 1 unspecified atom stereocenters. The van der Waals surface area contributed by atoms with E-state index in [9.17, 15) is 12.8 Å². The van der Waals surface area contributed by atoms with Gasteiger partial charge in [0.05, 0.1) is 5.02 Å². The highest BCUT2D eigenvalue weighted by atomic mass is 79.9. The van der Waals surface area contributed by atoms with Crippen molar-refractivity contribution in [2.45, 2.75) is 17.4 Å². The molecule has 0 aromatic heterocycles. The molecule has 0 aliphatic carbocycles. The molecule has 4 nitrogen and oxygen atoms in total. The summed E-state index contributed by atoms with van der Waals surface area (Å²) in [6, 6.07) is 1.89. The second kappa shape index (κ2) is 5.42. The van der Waals surface area contributed by atoms with Crippen LogP contribution in [0.4, 0.5) is 4.39 Å². The summed E-state index contributed by atoms with van der Waals surface area (Å²) in [6.07, 6.45) is 0.718. The fourth-order valence-corrected chi connectivity index (χ4v) is 4.90. The molecule has 1 saturated heterocycles. The minimum absolute atomic E-state index is 0.117. The van der Waals surface area contributed by atoms with E-state index in [4.69, 9.17) is 11.6 Å². The first-order valence-electron chi connectivity index (χ1n) is 5.28. The van der Waals surface area contributed by atoms with Crippen molar-refractivity contribution in [3.05, 3.63) is 27.4 Å². The summed E-state index contributed by atoms with van der Waals surface area (Å²) in [7, 11) is -3.76. The molecule has 0 saturated carbocycles. The molecule has 1 fully saturated rings. The van der Waals surface area contributed by atoms with Gasteiger partial charge in [0.2, 0.25) is 10.0 Å². The average Bonchev–Trinajstić information content (AvgIpc) is 2.66. The topological polar surface area (TPSA) is 58.2 Å². The summed E-state index contributed by atoms with van der Waals surface area (Å²) in [4.78, 5) is -0.127. The smallest absolute Gasteiger partial charge is 0.243 e. The zero-order valence-electron chi connectivity index (χ0n) is 9.21. The number of hydrogen-bond acceptors (Lipinski definition) is 3. The molecule has 18 heavy (non-hydrogen) atoms. The maximum atomic E-state index is 13.1. The van der Waals surface area contributed by atoms with Crippen LogP contribution >= 0.6 is 27.5 Å². The lowest BCUT2D eigenvalue weighted by molar-refractivity contribution is 0.559. The van der Waals surface area contributed by atoms with E-state index in [1.165, 1.54) is 0 Å².